The van der Waals surface area contributed by atoms with Gasteiger partial charge in [-0.05, 0) is 128 Å². The van der Waals surface area contributed by atoms with E-state index in [9.17, 15) is 61.9 Å². The van der Waals surface area contributed by atoms with Crippen molar-refractivity contribution in [2.45, 2.75) is 53.2 Å². The van der Waals surface area contributed by atoms with Crippen LogP contribution in [0.5, 0.6) is 5.75 Å². The van der Waals surface area contributed by atoms with Gasteiger partial charge in [0.2, 0.25) is 5.91 Å². The molecule has 0 atom stereocenters. The number of nitrogen functional groups attached to an aromatic ring is 1. The van der Waals surface area contributed by atoms with E-state index in [4.69, 9.17) is 10.5 Å². The maximum absolute atomic E-state index is 12.7. The number of azo groups is 3. The second-order valence-electron chi connectivity index (χ2n) is 18.4. The number of thiophene rings is 1. The fourth-order valence-electron chi connectivity index (χ4n) is 8.67. The third kappa shape index (κ3) is 13.0. The molecule has 0 spiro atoms. The molecule has 0 fully saturated rings. The minimum Gasteiger partial charge on any atom is -0.494 e. The predicted molar refractivity (Wildman–Crippen MR) is 312 cm³/mol. The van der Waals surface area contributed by atoms with E-state index < -0.39 is 56.2 Å². The number of benzene rings is 6. The maximum Gasteiger partial charge on any atom is 0.295 e. The summed E-state index contributed by atoms with van der Waals surface area (Å²) in [7, 11) is -17.9. The maximum atomic E-state index is 12.7. The summed E-state index contributed by atoms with van der Waals surface area (Å²) in [5, 5.41) is 45.6. The first-order valence-corrected chi connectivity index (χ1v) is 30.8. The number of nitrogens with two attached hydrogens (primary N) is 1. The SMILES string of the molecule is COc1cc(N=Nc2cc(S(=O)(=O)O)c3cc(NC(C)=O)cc(S(=O)(=O)O)c3c2)c(C)cc1N=Nc1sc(N=Nc2c(Nc3ccc(S(=O)(=O)O)cc3)nc(Nc3ccc(S(=O)(=O)O)cc3)c(N)c2C)c(C#N)c1-c1ccc2c(c1)CCC=C2. The quantitative estimate of drug-likeness (QED) is 0.0310. The summed E-state index contributed by atoms with van der Waals surface area (Å²) in [6.45, 7) is 4.36. The number of amides is 1. The molecule has 0 radical (unpaired) electrons. The van der Waals surface area contributed by atoms with E-state index in [-0.39, 0.29) is 93.3 Å². The highest BCUT2D eigenvalue weighted by molar-refractivity contribution is 7.87. The van der Waals surface area contributed by atoms with Crippen LogP contribution in [-0.2, 0) is 51.7 Å². The Morgan fingerprint density at radius 1 is 0.679 bits per heavy atom. The molecule has 26 nitrogen and oxygen atoms in total. The number of ether oxygens (including phenoxy) is 1. The summed E-state index contributed by atoms with van der Waals surface area (Å²) >= 11 is 0.959. The van der Waals surface area contributed by atoms with Crippen LogP contribution in [-0.4, -0.2) is 69.9 Å². The second kappa shape index (κ2) is 23.2. The second-order valence-corrected chi connectivity index (χ2v) is 25.0. The molecule has 430 valence electrons. The van der Waals surface area contributed by atoms with Gasteiger partial charge in [-0.15, -0.1) is 20.5 Å². The van der Waals surface area contributed by atoms with E-state index in [2.05, 4.69) is 63.8 Å². The van der Waals surface area contributed by atoms with Crippen molar-refractivity contribution in [3.63, 3.8) is 0 Å². The van der Waals surface area contributed by atoms with Crippen LogP contribution < -0.4 is 26.4 Å². The van der Waals surface area contributed by atoms with E-state index in [0.29, 0.717) is 34.4 Å². The van der Waals surface area contributed by atoms with Crippen molar-refractivity contribution in [2.24, 2.45) is 30.7 Å². The number of nitriles is 1. The Kier molecular flexibility index (Phi) is 16.4. The molecule has 8 aromatic rings. The van der Waals surface area contributed by atoms with Gasteiger partial charge >= 0.3 is 0 Å². The Labute approximate surface area is 483 Å². The highest BCUT2D eigenvalue weighted by Crippen LogP contribution is 2.50. The molecule has 9 rings (SSSR count). The number of rotatable bonds is 17. The topological polar surface area (TPSA) is 417 Å². The largest absolute Gasteiger partial charge is 0.494 e. The molecule has 1 amide bonds. The number of methoxy groups -OCH3 is 1. The highest BCUT2D eigenvalue weighted by Gasteiger charge is 2.26. The lowest BCUT2D eigenvalue weighted by molar-refractivity contribution is -0.114. The third-order valence-corrected chi connectivity index (χ3v) is 17.2. The zero-order valence-corrected chi connectivity index (χ0v) is 48.0. The van der Waals surface area contributed by atoms with Crippen LogP contribution in [0, 0.1) is 25.2 Å². The number of allylic oxidation sites excluding steroid dienone is 1. The Morgan fingerprint density at radius 2 is 1.27 bits per heavy atom. The van der Waals surface area contributed by atoms with Gasteiger partial charge in [0.1, 0.15) is 43.5 Å². The standard InChI is InChI=1S/C53H44N12O14S5/c1-27-19-43(44(79-4)25-42(27)61-60-36-22-40-39(46(24-36)84(76,77)78)21-35(56-29(3)66)23-45(40)83(73,74)75)62-65-53-47(32-10-9-30-7-5-6-8-31(30)20-32)41(26-54)52(80-53)64-63-49-28(2)48(55)50(57-33-11-15-37(16-12-33)81(67,68)69)59-51(49)58-34-13-17-38(18-14-34)82(70,71)72/h5,7,9-25H,6,8,55H2,1-4H3,(H,56,66)(H2,57,58,59)(H,67,68,69)(H,70,71,72)(H,73,74,75)(H,76,77,78). The van der Waals surface area contributed by atoms with Gasteiger partial charge in [-0.1, -0.05) is 41.7 Å². The number of carbonyl (C=O) groups is 1. The molecule has 0 saturated heterocycles. The average molecular weight is 1230 g/mol. The minimum atomic E-state index is -5.09. The third-order valence-electron chi connectivity index (χ3n) is 12.7. The lowest BCUT2D eigenvalue weighted by atomic mass is 9.93. The molecule has 0 unspecified atom stereocenters. The van der Waals surface area contributed by atoms with Crippen molar-refractivity contribution in [3.05, 3.63) is 137 Å². The zero-order valence-electron chi connectivity index (χ0n) is 44.0. The molecule has 2 heterocycles. The van der Waals surface area contributed by atoms with Crippen LogP contribution in [0.25, 0.3) is 28.0 Å². The van der Waals surface area contributed by atoms with Gasteiger partial charge in [0, 0.05) is 52.0 Å². The smallest absolute Gasteiger partial charge is 0.295 e. The Hall–Kier alpha value is -9.23. The van der Waals surface area contributed by atoms with Crippen molar-refractivity contribution in [3.8, 4) is 22.9 Å². The molecule has 0 bridgehead atoms. The van der Waals surface area contributed by atoms with Crippen molar-refractivity contribution in [2.75, 3.05) is 28.8 Å². The van der Waals surface area contributed by atoms with Crippen LogP contribution in [0.2, 0.25) is 0 Å². The molecule has 1 aliphatic rings. The van der Waals surface area contributed by atoms with Crippen molar-refractivity contribution in [1.82, 2.24) is 4.98 Å². The summed E-state index contributed by atoms with van der Waals surface area (Å²) in [4.78, 5) is 14.1. The van der Waals surface area contributed by atoms with Gasteiger partial charge < -0.3 is 26.4 Å². The van der Waals surface area contributed by atoms with Crippen LogP contribution in [0.1, 0.15) is 41.2 Å². The number of fused-ring (bicyclic) bond motifs is 2. The summed E-state index contributed by atoms with van der Waals surface area (Å²) in [5.74, 6) is -0.467. The number of aromatic nitrogens is 1. The summed E-state index contributed by atoms with van der Waals surface area (Å²) in [6, 6.07) is 25.0. The number of pyridine rings is 1. The van der Waals surface area contributed by atoms with E-state index in [0.717, 1.165) is 84.3 Å². The van der Waals surface area contributed by atoms with Gasteiger partial charge in [0.25, 0.3) is 40.5 Å². The number of hydrogen-bond acceptors (Lipinski definition) is 22. The molecule has 1 aliphatic carbocycles. The van der Waals surface area contributed by atoms with Crippen molar-refractivity contribution in [1.29, 1.82) is 5.26 Å². The molecule has 0 saturated carbocycles. The fraction of sp³-hybridized carbons (Fsp3) is 0.113. The number of hydrogen-bond donors (Lipinski definition) is 8. The average Bonchev–Trinajstić information content (AvgIpc) is 1.26. The van der Waals surface area contributed by atoms with Gasteiger partial charge in [0.15, 0.2) is 16.6 Å². The van der Waals surface area contributed by atoms with Gasteiger partial charge in [-0.3, -0.25) is 23.0 Å². The number of nitrogens with one attached hydrogen (secondary N) is 3. The molecule has 0 aliphatic heterocycles. The van der Waals surface area contributed by atoms with Crippen LogP contribution >= 0.6 is 11.3 Å². The Balaban J connectivity index is 1.12. The van der Waals surface area contributed by atoms with Crippen molar-refractivity contribution >= 4 is 142 Å². The molecule has 31 heteroatoms. The van der Waals surface area contributed by atoms with Gasteiger partial charge in [0.05, 0.1) is 34.0 Å². The van der Waals surface area contributed by atoms with E-state index in [1.807, 2.05) is 24.3 Å². The highest BCUT2D eigenvalue weighted by atomic mass is 32.2. The van der Waals surface area contributed by atoms with E-state index in [1.165, 1.54) is 37.4 Å². The molecular weight excluding hydrogens is 1190 g/mol. The number of carbonyl (C=O) groups excluding carboxylic acids is 1. The molecular formula is C53H44N12O14S5. The zero-order chi connectivity index (χ0) is 60.6. The normalized spacial score (nSPS) is 12.9. The minimum absolute atomic E-state index is 0.00948. The molecule has 6 aromatic carbocycles. The summed E-state index contributed by atoms with van der Waals surface area (Å²) < 4.78 is 143. The summed E-state index contributed by atoms with van der Waals surface area (Å²) in [6.07, 6.45) is 5.55. The number of nitrogens with zero attached hydrogens (tertiary/aromatic N) is 8. The molecule has 84 heavy (non-hydrogen) atoms. The molecule has 9 N–H and O–H groups in total. The molecule has 2 aromatic heterocycles. The monoisotopic (exact) mass is 1230 g/mol. The Bertz CT molecular complexity index is 4700. The van der Waals surface area contributed by atoms with Crippen LogP contribution in [0.4, 0.5) is 67.1 Å². The number of aryl methyl sites for hydroxylation is 2. The summed E-state index contributed by atoms with van der Waals surface area (Å²) in [5.41, 5.74) is 10.9. The first-order chi connectivity index (χ1) is 39.6. The first-order valence-electron chi connectivity index (χ1n) is 24.2. The van der Waals surface area contributed by atoms with E-state index in [1.54, 1.807) is 19.9 Å². The fourth-order valence-corrected chi connectivity index (χ4v) is 12.0. The first kappa shape index (κ1) is 59.4. The lowest BCUT2D eigenvalue weighted by Crippen LogP contribution is -2.09. The predicted octanol–water partition coefficient (Wildman–Crippen LogP) is 12.7. The van der Waals surface area contributed by atoms with Gasteiger partial charge in [-0.2, -0.15) is 49.2 Å². The van der Waals surface area contributed by atoms with Gasteiger partial charge in [-0.25, -0.2) is 4.98 Å². The van der Waals surface area contributed by atoms with Crippen molar-refractivity contribution < 1.29 is 61.4 Å². The van der Waals surface area contributed by atoms with E-state index >= 15 is 0 Å². The lowest BCUT2D eigenvalue weighted by Gasteiger charge is -2.17. The van der Waals surface area contributed by atoms with Crippen LogP contribution in [0.3, 0.4) is 0 Å². The van der Waals surface area contributed by atoms with Crippen LogP contribution in [0.15, 0.2) is 159 Å². The number of anilines is 6. The Morgan fingerprint density at radius 3 is 1.87 bits per heavy atom.